The molecule has 1 rings (SSSR count). The van der Waals surface area contributed by atoms with Crippen LogP contribution in [0.15, 0.2) is 24.0 Å². The number of hydrogen-bond donors (Lipinski definition) is 0. The second-order valence-corrected chi connectivity index (χ2v) is 4.65. The minimum atomic E-state index is -4.71. The Kier molecular flexibility index (Phi) is 4.80. The maximum Gasteiger partial charge on any atom is 0.572 e. The van der Waals surface area contributed by atoms with E-state index in [2.05, 4.69) is 20.7 Å². The first-order valence-corrected chi connectivity index (χ1v) is 6.19. The normalized spacial score (nSPS) is 24.4. The highest BCUT2D eigenvalue weighted by Gasteiger charge is 2.36. The van der Waals surface area contributed by atoms with Gasteiger partial charge in [0.15, 0.2) is 0 Å². The molecule has 0 aromatic rings. The lowest BCUT2D eigenvalue weighted by Crippen LogP contribution is -2.25. The van der Waals surface area contributed by atoms with Gasteiger partial charge in [-0.2, -0.15) is 0 Å². The molecule has 0 radical (unpaired) electrons. The Hall–Kier alpha value is -0.780. The molecule has 0 aromatic carbocycles. The molecule has 0 N–H and O–H groups in total. The van der Waals surface area contributed by atoms with Crippen LogP contribution < -0.4 is 0 Å². The Labute approximate surface area is 106 Å². The molecule has 0 aliphatic heterocycles. The van der Waals surface area contributed by atoms with E-state index in [0.29, 0.717) is 24.5 Å². The number of ether oxygens (including phenoxy) is 1. The summed E-state index contributed by atoms with van der Waals surface area (Å²) in [4.78, 5) is 11.1. The molecule has 0 bridgehead atoms. The summed E-state index contributed by atoms with van der Waals surface area (Å²) < 4.78 is 40.0. The molecule has 0 heterocycles. The van der Waals surface area contributed by atoms with Gasteiger partial charge in [-0.05, 0) is 18.9 Å². The van der Waals surface area contributed by atoms with E-state index in [0.717, 1.165) is 0 Å². The largest absolute Gasteiger partial charge is 0.572 e. The van der Waals surface area contributed by atoms with Crippen molar-refractivity contribution >= 4 is 22.2 Å². The van der Waals surface area contributed by atoms with Crippen molar-refractivity contribution in [3.63, 3.8) is 0 Å². The van der Waals surface area contributed by atoms with Crippen LogP contribution in [0.1, 0.15) is 19.3 Å². The van der Waals surface area contributed by atoms with E-state index < -0.39 is 11.8 Å². The van der Waals surface area contributed by atoms with Gasteiger partial charge in [0.1, 0.15) is 12.0 Å². The highest BCUT2D eigenvalue weighted by atomic mass is 79.9. The number of allylic oxidation sites excluding steroid dienone is 4. The SMILES string of the molecule is O=CC1(CCCBr)C=CC=C(OC(F)(F)F)C1. The van der Waals surface area contributed by atoms with Crippen LogP contribution in [0, 0.1) is 5.41 Å². The van der Waals surface area contributed by atoms with Crippen molar-refractivity contribution in [2.45, 2.75) is 25.6 Å². The van der Waals surface area contributed by atoms with Gasteiger partial charge >= 0.3 is 6.36 Å². The third-order valence-corrected chi connectivity index (χ3v) is 3.03. The molecular formula is C11H12BrF3O2. The lowest BCUT2D eigenvalue weighted by Gasteiger charge is -2.28. The second kappa shape index (κ2) is 5.71. The molecule has 17 heavy (non-hydrogen) atoms. The van der Waals surface area contributed by atoms with Gasteiger partial charge in [0, 0.05) is 11.8 Å². The van der Waals surface area contributed by atoms with Gasteiger partial charge in [-0.3, -0.25) is 0 Å². The molecule has 0 aromatic heterocycles. The number of rotatable bonds is 5. The van der Waals surface area contributed by atoms with Crippen molar-refractivity contribution in [1.29, 1.82) is 0 Å². The zero-order valence-electron chi connectivity index (χ0n) is 8.97. The van der Waals surface area contributed by atoms with Crippen molar-refractivity contribution in [2.75, 3.05) is 5.33 Å². The summed E-state index contributed by atoms with van der Waals surface area (Å²) >= 11 is 3.23. The van der Waals surface area contributed by atoms with E-state index in [1.807, 2.05) is 0 Å². The number of halogens is 4. The van der Waals surface area contributed by atoms with Gasteiger partial charge in [-0.15, -0.1) is 13.2 Å². The number of hydrogen-bond acceptors (Lipinski definition) is 2. The highest BCUT2D eigenvalue weighted by Crippen LogP contribution is 2.37. The zero-order valence-corrected chi connectivity index (χ0v) is 10.6. The predicted octanol–water partition coefficient (Wildman–Crippen LogP) is 3.73. The lowest BCUT2D eigenvalue weighted by atomic mass is 9.78. The van der Waals surface area contributed by atoms with Gasteiger partial charge in [0.2, 0.25) is 0 Å². The molecule has 0 amide bonds. The molecule has 1 unspecified atom stereocenters. The van der Waals surface area contributed by atoms with Gasteiger partial charge in [0.05, 0.1) is 5.41 Å². The predicted molar refractivity (Wildman–Crippen MR) is 60.5 cm³/mol. The van der Waals surface area contributed by atoms with Crippen LogP contribution >= 0.6 is 15.9 Å². The standard InChI is InChI=1S/C11H12BrF3O2/c12-6-2-5-10(8-16)4-1-3-9(7-10)17-11(13,14)15/h1,3-4,8H,2,5-7H2. The summed E-state index contributed by atoms with van der Waals surface area (Å²) in [7, 11) is 0. The summed E-state index contributed by atoms with van der Waals surface area (Å²) in [5, 5.41) is 0.704. The number of alkyl halides is 4. The number of carbonyl (C=O) groups excluding carboxylic acids is 1. The Bertz CT molecular complexity index is 336. The summed E-state index contributed by atoms with van der Waals surface area (Å²) in [5.41, 5.74) is -0.872. The topological polar surface area (TPSA) is 26.3 Å². The summed E-state index contributed by atoms with van der Waals surface area (Å²) in [6, 6.07) is 0. The molecule has 1 atom stereocenters. The molecule has 96 valence electrons. The van der Waals surface area contributed by atoms with Crippen LogP contribution in [0.5, 0.6) is 0 Å². The van der Waals surface area contributed by atoms with Gasteiger partial charge in [0.25, 0.3) is 0 Å². The molecule has 2 nitrogen and oxygen atoms in total. The monoisotopic (exact) mass is 312 g/mol. The molecule has 1 aliphatic carbocycles. The van der Waals surface area contributed by atoms with Crippen LogP contribution in [0.4, 0.5) is 13.2 Å². The molecule has 0 saturated carbocycles. The summed E-state index contributed by atoms with van der Waals surface area (Å²) in [6.45, 7) is 0. The minimum Gasteiger partial charge on any atom is -0.410 e. The first-order chi connectivity index (χ1) is 7.91. The van der Waals surface area contributed by atoms with Crippen molar-refractivity contribution < 1.29 is 22.7 Å². The fourth-order valence-electron chi connectivity index (χ4n) is 1.72. The molecule has 0 fully saturated rings. The van der Waals surface area contributed by atoms with E-state index in [9.17, 15) is 18.0 Å². The third-order valence-electron chi connectivity index (χ3n) is 2.47. The first kappa shape index (κ1) is 14.3. The fourth-order valence-corrected chi connectivity index (χ4v) is 2.00. The van der Waals surface area contributed by atoms with E-state index in [4.69, 9.17) is 0 Å². The Morgan fingerprint density at radius 1 is 1.53 bits per heavy atom. The maximum atomic E-state index is 12.1. The fraction of sp³-hybridized carbons (Fsp3) is 0.545. The minimum absolute atomic E-state index is 0.0422. The van der Waals surface area contributed by atoms with Crippen LogP contribution in [-0.2, 0) is 9.53 Å². The quantitative estimate of drug-likeness (QED) is 0.571. The van der Waals surface area contributed by atoms with Crippen molar-refractivity contribution in [2.24, 2.45) is 5.41 Å². The van der Waals surface area contributed by atoms with E-state index in [-0.39, 0.29) is 12.2 Å². The Balaban J connectivity index is 2.72. The van der Waals surface area contributed by atoms with Crippen LogP contribution in [0.25, 0.3) is 0 Å². The van der Waals surface area contributed by atoms with Crippen molar-refractivity contribution in [3.05, 3.63) is 24.0 Å². The van der Waals surface area contributed by atoms with Gasteiger partial charge in [-0.25, -0.2) is 0 Å². The number of carbonyl (C=O) groups is 1. The average Bonchev–Trinajstić information content (AvgIpc) is 2.24. The van der Waals surface area contributed by atoms with E-state index in [1.54, 1.807) is 6.08 Å². The maximum absolute atomic E-state index is 12.1. The van der Waals surface area contributed by atoms with Crippen molar-refractivity contribution in [1.82, 2.24) is 0 Å². The number of aldehydes is 1. The lowest BCUT2D eigenvalue weighted by molar-refractivity contribution is -0.307. The highest BCUT2D eigenvalue weighted by molar-refractivity contribution is 9.09. The first-order valence-electron chi connectivity index (χ1n) is 5.07. The molecule has 6 heteroatoms. The average molecular weight is 313 g/mol. The zero-order chi connectivity index (χ0) is 12.9. The van der Waals surface area contributed by atoms with Crippen LogP contribution in [0.2, 0.25) is 0 Å². The van der Waals surface area contributed by atoms with Crippen LogP contribution in [0.3, 0.4) is 0 Å². The Morgan fingerprint density at radius 2 is 2.24 bits per heavy atom. The van der Waals surface area contributed by atoms with E-state index >= 15 is 0 Å². The third kappa shape index (κ3) is 4.53. The smallest absolute Gasteiger partial charge is 0.410 e. The van der Waals surface area contributed by atoms with Gasteiger partial charge in [-0.1, -0.05) is 28.1 Å². The second-order valence-electron chi connectivity index (χ2n) is 3.86. The molecule has 0 spiro atoms. The molecular weight excluding hydrogens is 301 g/mol. The van der Waals surface area contributed by atoms with Crippen molar-refractivity contribution in [3.8, 4) is 0 Å². The summed E-state index contributed by atoms with van der Waals surface area (Å²) in [6.07, 6.45) is 1.46. The van der Waals surface area contributed by atoms with Gasteiger partial charge < -0.3 is 9.53 Å². The summed E-state index contributed by atoms with van der Waals surface area (Å²) in [5.74, 6) is -0.221. The van der Waals surface area contributed by atoms with E-state index in [1.165, 1.54) is 12.2 Å². The van der Waals surface area contributed by atoms with Crippen LogP contribution in [-0.4, -0.2) is 18.0 Å². The molecule has 0 saturated heterocycles. The Morgan fingerprint density at radius 3 is 2.76 bits per heavy atom. The molecule has 1 aliphatic rings.